The number of amides is 1. The van der Waals surface area contributed by atoms with Gasteiger partial charge in [-0.2, -0.15) is 0 Å². The number of piperazine rings is 1. The van der Waals surface area contributed by atoms with Crippen LogP contribution in [0.15, 0.2) is 15.7 Å². The molecule has 1 aliphatic heterocycles. The summed E-state index contributed by atoms with van der Waals surface area (Å²) in [6.45, 7) is 8.64. The maximum absolute atomic E-state index is 14.9. The number of hydrogen-bond acceptors (Lipinski definition) is 6. The maximum Gasteiger partial charge on any atom is 0.410 e. The Morgan fingerprint density at radius 2 is 2.03 bits per heavy atom. The van der Waals surface area contributed by atoms with Crippen molar-refractivity contribution in [1.82, 2.24) is 14.9 Å². The molecule has 2 heterocycles. The average molecular weight is 522 g/mol. The molecular weight excluding hydrogens is 499 g/mol. The molecular formula is C19H23BrClFN4O3S. The first-order valence-electron chi connectivity index (χ1n) is 9.32. The van der Waals surface area contributed by atoms with Gasteiger partial charge in [-0.05, 0) is 49.7 Å². The van der Waals surface area contributed by atoms with E-state index < -0.39 is 22.2 Å². The van der Waals surface area contributed by atoms with E-state index in [4.69, 9.17) is 16.3 Å². The third kappa shape index (κ3) is 4.70. The number of aromatic nitrogens is 2. The minimum atomic E-state index is -1.51. The van der Waals surface area contributed by atoms with E-state index in [-0.39, 0.29) is 32.3 Å². The van der Waals surface area contributed by atoms with Crippen LogP contribution in [0.2, 0.25) is 5.02 Å². The van der Waals surface area contributed by atoms with Gasteiger partial charge in [-0.1, -0.05) is 11.6 Å². The van der Waals surface area contributed by atoms with Crippen molar-refractivity contribution in [2.24, 2.45) is 0 Å². The molecule has 1 saturated heterocycles. The van der Waals surface area contributed by atoms with Gasteiger partial charge in [-0.25, -0.2) is 19.2 Å². The molecule has 7 nitrogen and oxygen atoms in total. The monoisotopic (exact) mass is 520 g/mol. The average Bonchev–Trinajstić information content (AvgIpc) is 2.64. The Bertz CT molecular complexity index is 1030. The van der Waals surface area contributed by atoms with Gasteiger partial charge in [0.1, 0.15) is 16.9 Å². The Balaban J connectivity index is 2.00. The number of fused-ring (bicyclic) bond motifs is 1. The van der Waals surface area contributed by atoms with Crippen LogP contribution in [-0.4, -0.2) is 62.7 Å². The van der Waals surface area contributed by atoms with Crippen molar-refractivity contribution < 1.29 is 18.1 Å². The lowest BCUT2D eigenvalue weighted by molar-refractivity contribution is 0.0218. The molecule has 0 N–H and O–H groups in total. The van der Waals surface area contributed by atoms with Gasteiger partial charge in [0, 0.05) is 37.3 Å². The van der Waals surface area contributed by atoms with E-state index in [0.29, 0.717) is 30.8 Å². The summed E-state index contributed by atoms with van der Waals surface area (Å²) in [7, 11) is -1.51. The quantitative estimate of drug-likeness (QED) is 0.432. The van der Waals surface area contributed by atoms with Crippen LogP contribution in [-0.2, 0) is 15.5 Å². The molecule has 0 saturated carbocycles. The fourth-order valence-electron chi connectivity index (χ4n) is 3.25. The molecule has 1 aromatic carbocycles. The van der Waals surface area contributed by atoms with Crippen molar-refractivity contribution in [3.05, 3.63) is 21.4 Å². The van der Waals surface area contributed by atoms with Gasteiger partial charge in [0.25, 0.3) is 0 Å². The van der Waals surface area contributed by atoms with Crippen LogP contribution in [0.1, 0.15) is 27.7 Å². The molecule has 164 valence electrons. The van der Waals surface area contributed by atoms with Crippen LogP contribution >= 0.6 is 27.5 Å². The van der Waals surface area contributed by atoms with Crippen LogP contribution in [0.3, 0.4) is 0 Å². The lowest BCUT2D eigenvalue weighted by atomic mass is 10.1. The van der Waals surface area contributed by atoms with Crippen molar-refractivity contribution in [3.8, 4) is 0 Å². The standard InChI is InChI=1S/C19H23BrClFN4O3S/c1-10-9-25(18(27)29-19(2,3)4)6-7-26(10)16-11-8-12(21)13(20)14(22)15(11)23-17(24-16)30(5)28/h8,10H,6-7,9H2,1-5H3/t10-,30?/m0/s1. The van der Waals surface area contributed by atoms with Gasteiger partial charge < -0.3 is 14.5 Å². The van der Waals surface area contributed by atoms with E-state index >= 15 is 0 Å². The van der Waals surface area contributed by atoms with Gasteiger partial charge in [-0.3, -0.25) is 4.21 Å². The van der Waals surface area contributed by atoms with E-state index in [9.17, 15) is 13.4 Å². The molecule has 2 aromatic rings. The molecule has 0 aliphatic carbocycles. The Morgan fingerprint density at radius 1 is 1.37 bits per heavy atom. The Labute approximate surface area is 190 Å². The van der Waals surface area contributed by atoms with Crippen LogP contribution in [0.5, 0.6) is 0 Å². The molecule has 0 radical (unpaired) electrons. The SMILES string of the molecule is C[C@H]1CN(C(=O)OC(C)(C)C)CCN1c1nc(S(C)=O)nc2c(F)c(Br)c(Cl)cc12. The predicted octanol–water partition coefficient (Wildman–Crippen LogP) is 4.37. The molecule has 1 aliphatic rings. The predicted molar refractivity (Wildman–Crippen MR) is 119 cm³/mol. The zero-order valence-electron chi connectivity index (χ0n) is 17.3. The number of hydrogen-bond donors (Lipinski definition) is 0. The highest BCUT2D eigenvalue weighted by molar-refractivity contribution is 9.10. The number of rotatable bonds is 2. The third-order valence-electron chi connectivity index (χ3n) is 4.59. The highest BCUT2D eigenvalue weighted by Gasteiger charge is 2.32. The van der Waals surface area contributed by atoms with Gasteiger partial charge in [-0.15, -0.1) is 0 Å². The zero-order valence-corrected chi connectivity index (χ0v) is 20.5. The van der Waals surface area contributed by atoms with Gasteiger partial charge in [0.05, 0.1) is 20.3 Å². The molecule has 1 amide bonds. The lowest BCUT2D eigenvalue weighted by Crippen LogP contribution is -2.55. The van der Waals surface area contributed by atoms with E-state index in [0.717, 1.165) is 0 Å². The minimum Gasteiger partial charge on any atom is -0.444 e. The molecule has 3 rings (SSSR count). The van der Waals surface area contributed by atoms with Crippen molar-refractivity contribution in [1.29, 1.82) is 0 Å². The number of nitrogens with zero attached hydrogens (tertiary/aromatic N) is 4. The largest absolute Gasteiger partial charge is 0.444 e. The topological polar surface area (TPSA) is 75.6 Å². The molecule has 30 heavy (non-hydrogen) atoms. The molecule has 1 aromatic heterocycles. The summed E-state index contributed by atoms with van der Waals surface area (Å²) in [6.07, 6.45) is 1.06. The van der Waals surface area contributed by atoms with Gasteiger partial charge in [0.2, 0.25) is 5.16 Å². The summed E-state index contributed by atoms with van der Waals surface area (Å²) in [5.41, 5.74) is -0.537. The Hall–Kier alpha value is -1.52. The molecule has 0 bridgehead atoms. The number of ether oxygens (including phenoxy) is 1. The van der Waals surface area contributed by atoms with E-state index in [1.807, 2.05) is 32.6 Å². The van der Waals surface area contributed by atoms with Crippen molar-refractivity contribution >= 4 is 61.1 Å². The van der Waals surface area contributed by atoms with Gasteiger partial charge in [0.15, 0.2) is 5.82 Å². The normalized spacial score (nSPS) is 18.6. The Kier molecular flexibility index (Phi) is 6.60. The van der Waals surface area contributed by atoms with E-state index in [1.165, 1.54) is 6.26 Å². The lowest BCUT2D eigenvalue weighted by Gasteiger charge is -2.41. The summed E-state index contributed by atoms with van der Waals surface area (Å²) in [5.74, 6) is -0.192. The smallest absolute Gasteiger partial charge is 0.410 e. The molecule has 1 fully saturated rings. The second-order valence-electron chi connectivity index (χ2n) is 8.14. The van der Waals surface area contributed by atoms with Crippen LogP contribution in [0.4, 0.5) is 15.0 Å². The number of halogens is 3. The van der Waals surface area contributed by atoms with E-state index in [1.54, 1.807) is 11.0 Å². The molecule has 0 spiro atoms. The Morgan fingerprint density at radius 3 is 2.60 bits per heavy atom. The maximum atomic E-state index is 14.9. The van der Waals surface area contributed by atoms with Crippen LogP contribution in [0, 0.1) is 5.82 Å². The number of carbonyl (C=O) groups excluding carboxylic acids is 1. The van der Waals surface area contributed by atoms with Crippen molar-refractivity contribution in [2.45, 2.75) is 44.5 Å². The third-order valence-corrected chi connectivity index (χ3v) is 6.59. The van der Waals surface area contributed by atoms with E-state index in [2.05, 4.69) is 25.9 Å². The second-order valence-corrected chi connectivity index (χ2v) is 10.6. The minimum absolute atomic E-state index is 0.0346. The zero-order chi connectivity index (χ0) is 22.4. The number of anilines is 1. The number of benzene rings is 1. The highest BCUT2D eigenvalue weighted by atomic mass is 79.9. The highest BCUT2D eigenvalue weighted by Crippen LogP contribution is 2.36. The van der Waals surface area contributed by atoms with Crippen LogP contribution in [0.25, 0.3) is 10.9 Å². The first-order chi connectivity index (χ1) is 13.9. The summed E-state index contributed by atoms with van der Waals surface area (Å²) < 4.78 is 32.5. The first kappa shape index (κ1) is 23.1. The molecule has 2 atom stereocenters. The second kappa shape index (κ2) is 8.55. The summed E-state index contributed by atoms with van der Waals surface area (Å²) in [5, 5.41) is 0.648. The fraction of sp³-hybridized carbons (Fsp3) is 0.526. The summed E-state index contributed by atoms with van der Waals surface area (Å²) >= 11 is 9.31. The first-order valence-corrected chi connectivity index (χ1v) is 12.0. The summed E-state index contributed by atoms with van der Waals surface area (Å²) in [4.78, 5) is 24.6. The van der Waals surface area contributed by atoms with Gasteiger partial charge >= 0.3 is 6.09 Å². The van der Waals surface area contributed by atoms with Crippen molar-refractivity contribution in [2.75, 3.05) is 30.8 Å². The number of carbonyl (C=O) groups is 1. The fourth-order valence-corrected chi connectivity index (χ4v) is 4.18. The van der Waals surface area contributed by atoms with Crippen LogP contribution < -0.4 is 4.90 Å². The molecule has 1 unspecified atom stereocenters. The summed E-state index contributed by atoms with van der Waals surface area (Å²) in [6, 6.07) is 1.45. The van der Waals surface area contributed by atoms with Crippen molar-refractivity contribution in [3.63, 3.8) is 0 Å². The molecule has 11 heteroatoms.